The van der Waals surface area contributed by atoms with Crippen LogP contribution in [0.4, 0.5) is 10.1 Å². The fourth-order valence-corrected chi connectivity index (χ4v) is 2.48. The van der Waals surface area contributed by atoms with E-state index >= 15 is 0 Å². The van der Waals surface area contributed by atoms with E-state index in [-0.39, 0.29) is 22.8 Å². The number of hydrogen-bond donors (Lipinski definition) is 2. The van der Waals surface area contributed by atoms with Gasteiger partial charge in [-0.15, -0.1) is 0 Å². The summed E-state index contributed by atoms with van der Waals surface area (Å²) in [4.78, 5) is 11.7. The Labute approximate surface area is 122 Å². The van der Waals surface area contributed by atoms with Gasteiger partial charge in [-0.1, -0.05) is 0 Å². The molecule has 1 aliphatic rings. The third-order valence-corrected chi connectivity index (χ3v) is 4.30. The fraction of sp³-hybridized carbons (Fsp3) is 0.462. The number of benzene rings is 1. The van der Waals surface area contributed by atoms with E-state index in [0.717, 1.165) is 24.5 Å². The van der Waals surface area contributed by atoms with Crippen LogP contribution in [0.2, 0.25) is 0 Å². The number of carbonyl (C=O) groups is 1. The normalized spacial score (nSPS) is 17.1. The minimum atomic E-state index is -3.47. The molecular weight excluding hydrogens is 299 g/mol. The molecule has 1 aliphatic heterocycles. The van der Waals surface area contributed by atoms with E-state index in [4.69, 9.17) is 4.74 Å². The monoisotopic (exact) mass is 316 g/mol. The van der Waals surface area contributed by atoms with Gasteiger partial charge in [0.1, 0.15) is 12.4 Å². The molecule has 6 nitrogen and oxygen atoms in total. The van der Waals surface area contributed by atoms with Crippen molar-refractivity contribution in [2.45, 2.75) is 17.4 Å². The zero-order valence-electron chi connectivity index (χ0n) is 11.8. The number of carbonyl (C=O) groups excluding carboxylic acids is 1. The van der Waals surface area contributed by atoms with E-state index < -0.39 is 21.6 Å². The molecule has 0 saturated carbocycles. The Balaban J connectivity index is 2.03. The average Bonchev–Trinajstić information content (AvgIpc) is 2.35. The predicted molar refractivity (Wildman–Crippen MR) is 75.4 cm³/mol. The number of hydrogen-bond acceptors (Lipinski definition) is 5. The van der Waals surface area contributed by atoms with Gasteiger partial charge in [0.25, 0.3) is 0 Å². The molecule has 0 aromatic heterocycles. The van der Waals surface area contributed by atoms with Crippen LogP contribution in [0.3, 0.4) is 0 Å². The molecule has 21 heavy (non-hydrogen) atoms. The zero-order valence-corrected chi connectivity index (χ0v) is 12.6. The van der Waals surface area contributed by atoms with Crippen LogP contribution < -0.4 is 10.6 Å². The van der Waals surface area contributed by atoms with E-state index in [1.54, 1.807) is 0 Å². The number of amides is 1. The lowest BCUT2D eigenvalue weighted by Crippen LogP contribution is -2.59. The van der Waals surface area contributed by atoms with E-state index in [1.807, 2.05) is 6.92 Å². The summed E-state index contributed by atoms with van der Waals surface area (Å²) in [6, 6.07) is 3.25. The van der Waals surface area contributed by atoms with Crippen LogP contribution in [-0.4, -0.2) is 45.9 Å². The first-order valence-electron chi connectivity index (χ1n) is 6.34. The maximum absolute atomic E-state index is 13.6. The Bertz CT molecular complexity index is 656. The molecule has 1 amide bonds. The summed E-state index contributed by atoms with van der Waals surface area (Å²) in [5.41, 5.74) is -0.562. The van der Waals surface area contributed by atoms with Crippen LogP contribution >= 0.6 is 0 Å². The summed E-state index contributed by atoms with van der Waals surface area (Å²) in [7, 11) is -3.47. The van der Waals surface area contributed by atoms with Gasteiger partial charge in [-0.05, 0) is 25.1 Å². The summed E-state index contributed by atoms with van der Waals surface area (Å²) < 4.78 is 41.9. The van der Waals surface area contributed by atoms with Crippen molar-refractivity contribution in [2.24, 2.45) is 0 Å². The molecule has 1 aromatic carbocycles. The largest absolute Gasteiger partial charge is 0.363 e. The first kappa shape index (κ1) is 15.9. The molecule has 1 aromatic rings. The van der Waals surface area contributed by atoms with Crippen molar-refractivity contribution in [3.8, 4) is 0 Å². The molecule has 1 heterocycles. The molecule has 2 rings (SSSR count). The lowest BCUT2D eigenvalue weighted by Gasteiger charge is -2.38. The lowest BCUT2D eigenvalue weighted by atomic mass is 10.0. The van der Waals surface area contributed by atoms with Gasteiger partial charge in [-0.25, -0.2) is 12.8 Å². The van der Waals surface area contributed by atoms with Crippen molar-refractivity contribution < 1.29 is 22.3 Å². The van der Waals surface area contributed by atoms with Crippen LogP contribution in [0.25, 0.3) is 0 Å². The van der Waals surface area contributed by atoms with Crippen molar-refractivity contribution in [1.82, 2.24) is 5.32 Å². The quantitative estimate of drug-likeness (QED) is 0.775. The summed E-state index contributed by atoms with van der Waals surface area (Å²) in [5, 5.41) is 5.34. The van der Waals surface area contributed by atoms with Crippen molar-refractivity contribution in [3.63, 3.8) is 0 Å². The van der Waals surface area contributed by atoms with Gasteiger partial charge >= 0.3 is 0 Å². The van der Waals surface area contributed by atoms with Gasteiger partial charge in [0.15, 0.2) is 9.84 Å². The van der Waals surface area contributed by atoms with Gasteiger partial charge < -0.3 is 15.4 Å². The third-order valence-electron chi connectivity index (χ3n) is 3.19. The molecule has 116 valence electrons. The SMILES string of the molecule is CC1(OCC(=O)Nc2cc(S(C)(=O)=O)ccc2F)CNC1. The molecule has 0 bridgehead atoms. The number of halogens is 1. The summed E-state index contributed by atoms with van der Waals surface area (Å²) in [6.07, 6.45) is 1.01. The summed E-state index contributed by atoms with van der Waals surface area (Å²) in [5.74, 6) is -1.24. The summed E-state index contributed by atoms with van der Waals surface area (Å²) in [6.45, 7) is 2.94. The van der Waals surface area contributed by atoms with Crippen molar-refractivity contribution in [2.75, 3.05) is 31.3 Å². The molecule has 1 saturated heterocycles. The Morgan fingerprint density at radius 1 is 1.48 bits per heavy atom. The van der Waals surface area contributed by atoms with Crippen LogP contribution in [0.5, 0.6) is 0 Å². The van der Waals surface area contributed by atoms with Gasteiger partial charge in [0.2, 0.25) is 5.91 Å². The standard InChI is InChI=1S/C13H17FN2O4S/c1-13(7-15-8-13)20-6-12(17)16-11-5-9(21(2,18)19)3-4-10(11)14/h3-5,15H,6-8H2,1-2H3,(H,16,17). The Kier molecular flexibility index (Phi) is 4.31. The van der Waals surface area contributed by atoms with Crippen LogP contribution in [-0.2, 0) is 19.4 Å². The first-order chi connectivity index (χ1) is 9.70. The van der Waals surface area contributed by atoms with E-state index in [1.165, 1.54) is 0 Å². The number of nitrogens with one attached hydrogen (secondary N) is 2. The highest BCUT2D eigenvalue weighted by molar-refractivity contribution is 7.90. The number of rotatable bonds is 5. The molecule has 0 radical (unpaired) electrons. The van der Waals surface area contributed by atoms with Gasteiger partial charge in [-0.3, -0.25) is 4.79 Å². The molecule has 2 N–H and O–H groups in total. The summed E-state index contributed by atoms with van der Waals surface area (Å²) >= 11 is 0. The molecule has 0 spiro atoms. The van der Waals surface area contributed by atoms with E-state index in [9.17, 15) is 17.6 Å². The highest BCUT2D eigenvalue weighted by Gasteiger charge is 2.33. The minimum absolute atomic E-state index is 0.0599. The van der Waals surface area contributed by atoms with Gasteiger partial charge in [-0.2, -0.15) is 0 Å². The van der Waals surface area contributed by atoms with Crippen LogP contribution in [0.15, 0.2) is 23.1 Å². The van der Waals surface area contributed by atoms with Crippen LogP contribution in [0.1, 0.15) is 6.92 Å². The highest BCUT2D eigenvalue weighted by Crippen LogP contribution is 2.20. The van der Waals surface area contributed by atoms with E-state index in [2.05, 4.69) is 10.6 Å². The maximum atomic E-state index is 13.6. The molecule has 8 heteroatoms. The second-order valence-electron chi connectivity index (χ2n) is 5.30. The number of ether oxygens (including phenoxy) is 1. The lowest BCUT2D eigenvalue weighted by molar-refractivity contribution is -0.130. The smallest absolute Gasteiger partial charge is 0.250 e. The second-order valence-corrected chi connectivity index (χ2v) is 7.32. The second kappa shape index (κ2) is 5.70. The Morgan fingerprint density at radius 3 is 2.67 bits per heavy atom. The van der Waals surface area contributed by atoms with Crippen LogP contribution in [0, 0.1) is 5.82 Å². The molecule has 0 unspecified atom stereocenters. The van der Waals surface area contributed by atoms with Gasteiger partial charge in [0, 0.05) is 19.3 Å². The van der Waals surface area contributed by atoms with Crippen molar-refractivity contribution in [3.05, 3.63) is 24.0 Å². The molecule has 0 atom stereocenters. The average molecular weight is 316 g/mol. The Hall–Kier alpha value is -1.51. The first-order valence-corrected chi connectivity index (χ1v) is 8.23. The third kappa shape index (κ3) is 3.99. The molecule has 0 aliphatic carbocycles. The number of anilines is 1. The Morgan fingerprint density at radius 2 is 2.14 bits per heavy atom. The van der Waals surface area contributed by atoms with E-state index in [0.29, 0.717) is 13.1 Å². The fourth-order valence-electron chi connectivity index (χ4n) is 1.84. The number of sulfone groups is 1. The maximum Gasteiger partial charge on any atom is 0.250 e. The topological polar surface area (TPSA) is 84.5 Å². The predicted octanol–water partition coefficient (Wildman–Crippen LogP) is 0.546. The van der Waals surface area contributed by atoms with Crippen molar-refractivity contribution in [1.29, 1.82) is 0 Å². The molecular formula is C13H17FN2O4S. The zero-order chi connectivity index (χ0) is 15.7. The minimum Gasteiger partial charge on any atom is -0.363 e. The molecule has 1 fully saturated rings. The van der Waals surface area contributed by atoms with Crippen molar-refractivity contribution >= 4 is 21.4 Å². The van der Waals surface area contributed by atoms with Gasteiger partial charge in [0.05, 0.1) is 16.2 Å². The highest BCUT2D eigenvalue weighted by atomic mass is 32.2.